The molecule has 0 saturated carbocycles. The minimum atomic E-state index is -0.388. The fourth-order valence-corrected chi connectivity index (χ4v) is 1.54. The Morgan fingerprint density at radius 1 is 1.21 bits per heavy atom. The lowest BCUT2D eigenvalue weighted by Gasteiger charge is -2.08. The minimum absolute atomic E-state index is 0.388. The number of benzene rings is 1. The molecule has 2 rings (SSSR count). The Morgan fingerprint density at radius 2 is 2.05 bits per heavy atom. The van der Waals surface area contributed by atoms with E-state index < -0.39 is 0 Å². The molecule has 0 unspecified atom stereocenters. The van der Waals surface area contributed by atoms with Crippen molar-refractivity contribution >= 4 is 11.5 Å². The van der Waals surface area contributed by atoms with Crippen LogP contribution in [0.5, 0.6) is 11.6 Å². The minimum Gasteiger partial charge on any atom is -0.497 e. The molecule has 1 heterocycles. The van der Waals surface area contributed by atoms with Gasteiger partial charge in [-0.1, -0.05) is 0 Å². The molecule has 100 valence electrons. The maximum atomic E-state index is 13.3. The van der Waals surface area contributed by atoms with Crippen molar-refractivity contribution in [3.05, 3.63) is 36.4 Å². The lowest BCUT2D eigenvalue weighted by Crippen LogP contribution is -1.99. The predicted molar refractivity (Wildman–Crippen MR) is 69.4 cm³/mol. The van der Waals surface area contributed by atoms with Gasteiger partial charge in [-0.05, 0) is 13.0 Å². The van der Waals surface area contributed by atoms with Crippen molar-refractivity contribution in [1.29, 1.82) is 0 Å². The van der Waals surface area contributed by atoms with Crippen LogP contribution in [0, 0.1) is 5.82 Å². The maximum Gasteiger partial charge on any atom is 0.218 e. The summed E-state index contributed by atoms with van der Waals surface area (Å²) in [5, 5.41) is 2.97. The fourth-order valence-electron chi connectivity index (χ4n) is 1.54. The van der Waals surface area contributed by atoms with E-state index in [4.69, 9.17) is 9.47 Å². The van der Waals surface area contributed by atoms with Crippen molar-refractivity contribution in [2.75, 3.05) is 19.0 Å². The van der Waals surface area contributed by atoms with E-state index in [-0.39, 0.29) is 5.82 Å². The van der Waals surface area contributed by atoms with Crippen molar-refractivity contribution in [3.63, 3.8) is 0 Å². The largest absolute Gasteiger partial charge is 0.497 e. The maximum absolute atomic E-state index is 13.3. The van der Waals surface area contributed by atoms with Crippen LogP contribution in [0.1, 0.15) is 6.92 Å². The molecular formula is C13H14FN3O2. The van der Waals surface area contributed by atoms with Crippen LogP contribution < -0.4 is 14.8 Å². The van der Waals surface area contributed by atoms with Crippen LogP contribution in [0.25, 0.3) is 0 Å². The number of methoxy groups -OCH3 is 1. The summed E-state index contributed by atoms with van der Waals surface area (Å²) in [5.41, 5.74) is 0.540. The normalized spacial score (nSPS) is 10.1. The van der Waals surface area contributed by atoms with E-state index in [1.165, 1.54) is 25.6 Å². The van der Waals surface area contributed by atoms with Gasteiger partial charge in [0.15, 0.2) is 0 Å². The van der Waals surface area contributed by atoms with E-state index in [1.54, 1.807) is 12.1 Å². The van der Waals surface area contributed by atoms with E-state index in [9.17, 15) is 4.39 Å². The number of anilines is 2. The van der Waals surface area contributed by atoms with Crippen LogP contribution in [0.2, 0.25) is 0 Å². The smallest absolute Gasteiger partial charge is 0.218 e. The summed E-state index contributed by atoms with van der Waals surface area (Å²) < 4.78 is 23.6. The van der Waals surface area contributed by atoms with E-state index in [1.807, 2.05) is 6.92 Å². The lowest BCUT2D eigenvalue weighted by molar-refractivity contribution is 0.326. The van der Waals surface area contributed by atoms with Gasteiger partial charge in [-0.15, -0.1) is 0 Å². The third-order valence-electron chi connectivity index (χ3n) is 2.31. The molecule has 0 amide bonds. The molecule has 0 aliphatic carbocycles. The van der Waals surface area contributed by atoms with Gasteiger partial charge in [-0.2, -0.15) is 0 Å². The SMILES string of the molecule is CCOc1cc(Nc2cc(F)cc(OC)c2)ncn1. The second-order valence-electron chi connectivity index (χ2n) is 3.68. The number of nitrogens with zero attached hydrogens (tertiary/aromatic N) is 2. The van der Waals surface area contributed by atoms with E-state index in [0.717, 1.165) is 0 Å². The molecule has 1 aromatic carbocycles. The number of hydrogen-bond acceptors (Lipinski definition) is 5. The summed E-state index contributed by atoms with van der Waals surface area (Å²) in [6.07, 6.45) is 1.38. The average molecular weight is 263 g/mol. The first-order valence-electron chi connectivity index (χ1n) is 5.77. The number of rotatable bonds is 5. The molecule has 1 N–H and O–H groups in total. The zero-order valence-corrected chi connectivity index (χ0v) is 10.7. The molecule has 2 aromatic rings. The van der Waals surface area contributed by atoms with Crippen LogP contribution >= 0.6 is 0 Å². The Balaban J connectivity index is 2.20. The molecule has 0 atom stereocenters. The van der Waals surface area contributed by atoms with E-state index in [0.29, 0.717) is 29.7 Å². The lowest BCUT2D eigenvalue weighted by atomic mass is 10.3. The van der Waals surface area contributed by atoms with Crippen LogP contribution in [-0.4, -0.2) is 23.7 Å². The molecule has 19 heavy (non-hydrogen) atoms. The molecule has 0 saturated heterocycles. The highest BCUT2D eigenvalue weighted by Gasteiger charge is 2.04. The molecule has 0 fully saturated rings. The summed E-state index contributed by atoms with van der Waals surface area (Å²) in [7, 11) is 1.48. The Hall–Kier alpha value is -2.37. The number of nitrogens with one attached hydrogen (secondary N) is 1. The summed E-state index contributed by atoms with van der Waals surface area (Å²) >= 11 is 0. The Bertz CT molecular complexity index is 563. The molecule has 0 bridgehead atoms. The molecule has 1 aromatic heterocycles. The highest BCUT2D eigenvalue weighted by atomic mass is 19.1. The highest BCUT2D eigenvalue weighted by Crippen LogP contribution is 2.23. The average Bonchev–Trinajstić information content (AvgIpc) is 2.39. The topological polar surface area (TPSA) is 56.3 Å². The summed E-state index contributed by atoms with van der Waals surface area (Å²) in [4.78, 5) is 7.99. The first-order valence-corrected chi connectivity index (χ1v) is 5.77. The first-order chi connectivity index (χ1) is 9.21. The zero-order valence-electron chi connectivity index (χ0n) is 10.7. The van der Waals surface area contributed by atoms with Gasteiger partial charge >= 0.3 is 0 Å². The van der Waals surface area contributed by atoms with Crippen molar-refractivity contribution in [1.82, 2.24) is 9.97 Å². The van der Waals surface area contributed by atoms with Gasteiger partial charge < -0.3 is 14.8 Å². The quantitative estimate of drug-likeness (QED) is 0.898. The molecule has 0 aliphatic heterocycles. The molecule has 6 heteroatoms. The first kappa shape index (κ1) is 13.1. The fraction of sp³-hybridized carbons (Fsp3) is 0.231. The third-order valence-corrected chi connectivity index (χ3v) is 2.31. The Labute approximate surface area is 110 Å². The number of ether oxygens (including phenoxy) is 2. The monoisotopic (exact) mass is 263 g/mol. The van der Waals surface area contributed by atoms with Crippen molar-refractivity contribution in [3.8, 4) is 11.6 Å². The standard InChI is InChI=1S/C13H14FN3O2/c1-3-19-13-7-12(15-8-16-13)17-10-4-9(14)5-11(6-10)18-2/h4-8H,3H2,1-2H3,(H,15,16,17). The van der Waals surface area contributed by atoms with Crippen LogP contribution in [0.15, 0.2) is 30.6 Å². The summed E-state index contributed by atoms with van der Waals surface area (Å²) in [6.45, 7) is 2.39. The number of hydrogen-bond donors (Lipinski definition) is 1. The third kappa shape index (κ3) is 3.54. The van der Waals surface area contributed by atoms with Gasteiger partial charge in [0.1, 0.15) is 23.7 Å². The Morgan fingerprint density at radius 3 is 2.79 bits per heavy atom. The molecular weight excluding hydrogens is 249 g/mol. The summed E-state index contributed by atoms with van der Waals surface area (Å²) in [5.74, 6) is 1.02. The van der Waals surface area contributed by atoms with Gasteiger partial charge in [0.05, 0.1) is 13.7 Å². The van der Waals surface area contributed by atoms with Crippen LogP contribution in [0.3, 0.4) is 0 Å². The van der Waals surface area contributed by atoms with Crippen molar-refractivity contribution in [2.24, 2.45) is 0 Å². The van der Waals surface area contributed by atoms with Gasteiger partial charge in [-0.3, -0.25) is 0 Å². The number of aromatic nitrogens is 2. The molecule has 0 spiro atoms. The number of halogens is 1. The molecule has 5 nitrogen and oxygen atoms in total. The van der Waals surface area contributed by atoms with Gasteiger partial charge in [0, 0.05) is 23.9 Å². The van der Waals surface area contributed by atoms with Gasteiger partial charge in [-0.25, -0.2) is 14.4 Å². The second-order valence-corrected chi connectivity index (χ2v) is 3.68. The second kappa shape index (κ2) is 5.99. The predicted octanol–water partition coefficient (Wildman–Crippen LogP) is 2.77. The van der Waals surface area contributed by atoms with Crippen LogP contribution in [-0.2, 0) is 0 Å². The van der Waals surface area contributed by atoms with Crippen LogP contribution in [0.4, 0.5) is 15.9 Å². The molecule has 0 aliphatic rings. The highest BCUT2D eigenvalue weighted by molar-refractivity contribution is 5.58. The van der Waals surface area contributed by atoms with Gasteiger partial charge in [0.25, 0.3) is 0 Å². The van der Waals surface area contributed by atoms with Crippen molar-refractivity contribution < 1.29 is 13.9 Å². The Kier molecular flexibility index (Phi) is 4.12. The van der Waals surface area contributed by atoms with E-state index >= 15 is 0 Å². The summed E-state index contributed by atoms with van der Waals surface area (Å²) in [6, 6.07) is 5.97. The van der Waals surface area contributed by atoms with Gasteiger partial charge in [0.2, 0.25) is 5.88 Å². The van der Waals surface area contributed by atoms with E-state index in [2.05, 4.69) is 15.3 Å². The molecule has 0 radical (unpaired) electrons. The van der Waals surface area contributed by atoms with Crippen molar-refractivity contribution in [2.45, 2.75) is 6.92 Å². The zero-order chi connectivity index (χ0) is 13.7.